The number of hydrogen-bond acceptors (Lipinski definition) is 8. The van der Waals surface area contributed by atoms with Crippen LogP contribution < -0.4 is 20.0 Å². The van der Waals surface area contributed by atoms with Gasteiger partial charge in [0.05, 0.1) is 43.5 Å². The van der Waals surface area contributed by atoms with Gasteiger partial charge < -0.3 is 19.4 Å². The van der Waals surface area contributed by atoms with Crippen molar-refractivity contribution in [2.45, 2.75) is 12.8 Å². The molecule has 1 heterocycles. The number of carboxylic acids is 1. The first-order valence-corrected chi connectivity index (χ1v) is 9.58. The van der Waals surface area contributed by atoms with Gasteiger partial charge >= 0.3 is 0 Å². The van der Waals surface area contributed by atoms with Gasteiger partial charge in [0, 0.05) is 12.0 Å². The number of ether oxygens (including phenoxy) is 2. The molecular weight excluding hydrogens is 364 g/mol. The fourth-order valence-corrected chi connectivity index (χ4v) is 4.64. The highest BCUT2D eigenvalue weighted by Gasteiger charge is 2.29. The van der Waals surface area contributed by atoms with Crippen LogP contribution in [0.2, 0.25) is 0 Å². The molecule has 0 bridgehead atoms. The van der Waals surface area contributed by atoms with Gasteiger partial charge in [-0.25, -0.2) is 13.8 Å². The number of benzene rings is 1. The van der Waals surface area contributed by atoms with Gasteiger partial charge in [-0.05, 0) is 24.5 Å². The number of carbonyl (C=O) groups excluding carboxylic acids is 2. The molecule has 1 saturated heterocycles. The second-order valence-corrected chi connectivity index (χ2v) is 8.05. The lowest BCUT2D eigenvalue weighted by molar-refractivity contribution is -0.255. The number of carboxylic acid groups (broad SMARTS) is 1. The number of nitrogens with zero attached hydrogens (tertiary/aromatic N) is 1. The number of rotatable bonds is 7. The van der Waals surface area contributed by atoms with Crippen molar-refractivity contribution in [3.05, 3.63) is 23.3 Å². The maximum Gasteiger partial charge on any atom is 0.240 e. The summed E-state index contributed by atoms with van der Waals surface area (Å²) >= 11 is 0. The van der Waals surface area contributed by atoms with Gasteiger partial charge in [-0.1, -0.05) is 0 Å². The molecule has 1 aliphatic heterocycles. The van der Waals surface area contributed by atoms with Crippen LogP contribution in [0.4, 0.5) is 0 Å². The van der Waals surface area contributed by atoms with Crippen LogP contribution in [0.3, 0.4) is 0 Å². The lowest BCUT2D eigenvalue weighted by Crippen LogP contribution is -2.25. The Kier molecular flexibility index (Phi) is 6.19. The van der Waals surface area contributed by atoms with Crippen LogP contribution in [0, 0.1) is 5.92 Å². The third-order valence-electron chi connectivity index (χ3n) is 3.98. The fraction of sp³-hybridized carbons (Fsp3) is 0.438. The molecule has 142 valence electrons. The zero-order chi connectivity index (χ0) is 19.3. The molecule has 1 aromatic carbocycles. The third-order valence-corrected chi connectivity index (χ3v) is 5.81. The highest BCUT2D eigenvalue weighted by Crippen LogP contribution is 2.32. The van der Waals surface area contributed by atoms with E-state index >= 15 is 0 Å². The minimum absolute atomic E-state index is 0.00531. The average molecular weight is 383 g/mol. The van der Waals surface area contributed by atoms with Crippen molar-refractivity contribution in [2.24, 2.45) is 11.0 Å². The Morgan fingerprint density at radius 3 is 2.62 bits per heavy atom. The first-order valence-electron chi connectivity index (χ1n) is 7.76. The minimum atomic E-state index is -3.05. The summed E-state index contributed by atoms with van der Waals surface area (Å²) in [5.41, 5.74) is 2.17. The first-order chi connectivity index (χ1) is 12.3. The van der Waals surface area contributed by atoms with Crippen LogP contribution in [0.5, 0.6) is 11.5 Å². The highest BCUT2D eigenvalue weighted by atomic mass is 32.2. The summed E-state index contributed by atoms with van der Waals surface area (Å²) in [6, 6.07) is 2.93. The van der Waals surface area contributed by atoms with E-state index in [1.54, 1.807) is 0 Å². The van der Waals surface area contributed by atoms with E-state index in [0.29, 0.717) is 6.42 Å². The van der Waals surface area contributed by atoms with Crippen molar-refractivity contribution in [3.8, 4) is 11.5 Å². The molecule has 9 nitrogen and oxygen atoms in total. The molecule has 1 atom stereocenters. The number of sulfone groups is 1. The predicted octanol–water partition coefficient (Wildman–Crippen LogP) is -0.658. The maximum atomic E-state index is 11.8. The van der Waals surface area contributed by atoms with Crippen molar-refractivity contribution in [1.82, 2.24) is 5.43 Å². The summed E-state index contributed by atoms with van der Waals surface area (Å²) in [5.74, 6) is -1.86. The Morgan fingerprint density at radius 2 is 2.08 bits per heavy atom. The summed E-state index contributed by atoms with van der Waals surface area (Å²) in [6.07, 6.45) is 1.64. The number of aromatic carboxylic acids is 1. The van der Waals surface area contributed by atoms with Crippen LogP contribution in [-0.4, -0.2) is 52.2 Å². The van der Waals surface area contributed by atoms with Crippen LogP contribution in [0.15, 0.2) is 17.2 Å². The third kappa shape index (κ3) is 4.72. The number of amides is 1. The SMILES string of the molecule is COc1ccc(/C=N\NC(=O)C[C@@H]2CCS(=O)(=O)C2)c(C(=O)[O-])c1OC. The lowest BCUT2D eigenvalue weighted by Gasteiger charge is -2.15. The smallest absolute Gasteiger partial charge is 0.240 e. The van der Waals surface area contributed by atoms with Crippen molar-refractivity contribution < 1.29 is 32.6 Å². The number of nitrogens with one attached hydrogen (secondary N) is 1. The van der Waals surface area contributed by atoms with E-state index in [9.17, 15) is 23.1 Å². The molecular formula is C16H19N2O7S-. The summed E-state index contributed by atoms with van der Waals surface area (Å²) in [4.78, 5) is 23.3. The normalized spacial score (nSPS) is 18.6. The van der Waals surface area contributed by atoms with Gasteiger partial charge in [-0.2, -0.15) is 5.10 Å². The molecule has 0 aromatic heterocycles. The van der Waals surface area contributed by atoms with E-state index in [1.165, 1.54) is 26.4 Å². The summed E-state index contributed by atoms with van der Waals surface area (Å²) in [6.45, 7) is 0. The molecule has 1 fully saturated rings. The van der Waals surface area contributed by atoms with Gasteiger partial charge in [0.25, 0.3) is 0 Å². The topological polar surface area (TPSA) is 134 Å². The van der Waals surface area contributed by atoms with Crippen molar-refractivity contribution in [1.29, 1.82) is 0 Å². The molecule has 0 saturated carbocycles. The van der Waals surface area contributed by atoms with Crippen LogP contribution in [0.1, 0.15) is 28.8 Å². The minimum Gasteiger partial charge on any atom is -0.545 e. The van der Waals surface area contributed by atoms with Crippen LogP contribution in [-0.2, 0) is 14.6 Å². The Morgan fingerprint density at radius 1 is 1.35 bits per heavy atom. The summed E-state index contributed by atoms with van der Waals surface area (Å²) in [7, 11) is -0.387. The average Bonchev–Trinajstić information content (AvgIpc) is 2.92. The van der Waals surface area contributed by atoms with E-state index in [1.807, 2.05) is 0 Å². The van der Waals surface area contributed by atoms with Crippen LogP contribution in [0.25, 0.3) is 0 Å². The highest BCUT2D eigenvalue weighted by molar-refractivity contribution is 7.91. The quantitative estimate of drug-likeness (QED) is 0.488. The van der Waals surface area contributed by atoms with Gasteiger partial charge in [-0.3, -0.25) is 4.79 Å². The van der Waals surface area contributed by atoms with Crippen molar-refractivity contribution >= 4 is 27.9 Å². The first kappa shape index (κ1) is 19.7. The maximum absolute atomic E-state index is 11.8. The Hall–Kier alpha value is -2.62. The number of carbonyl (C=O) groups is 2. The standard InChI is InChI=1S/C16H20N2O7S/c1-24-12-4-3-11(14(16(20)21)15(12)25-2)8-17-18-13(19)7-10-5-6-26(22,23)9-10/h3-4,8,10H,5-7,9H2,1-2H3,(H,18,19)(H,20,21)/p-1/b17-8-/t10-/m0/s1. The van der Waals surface area contributed by atoms with E-state index < -0.39 is 21.7 Å². The van der Waals surface area contributed by atoms with E-state index in [2.05, 4.69) is 10.5 Å². The molecule has 1 N–H and O–H groups in total. The second-order valence-electron chi connectivity index (χ2n) is 5.82. The summed E-state index contributed by atoms with van der Waals surface area (Å²) < 4.78 is 32.9. The van der Waals surface area contributed by atoms with Gasteiger partial charge in [0.15, 0.2) is 21.3 Å². The van der Waals surface area contributed by atoms with E-state index in [-0.39, 0.29) is 46.5 Å². The molecule has 0 radical (unpaired) electrons. The Balaban J connectivity index is 2.08. The number of hydrazone groups is 1. The summed E-state index contributed by atoms with van der Waals surface area (Å²) in [5, 5.41) is 15.1. The molecule has 1 aromatic rings. The molecule has 1 amide bonds. The van der Waals surface area contributed by atoms with E-state index in [4.69, 9.17) is 9.47 Å². The molecule has 10 heteroatoms. The molecule has 26 heavy (non-hydrogen) atoms. The fourth-order valence-electron chi connectivity index (χ4n) is 2.77. The van der Waals surface area contributed by atoms with Gasteiger partial charge in [-0.15, -0.1) is 0 Å². The largest absolute Gasteiger partial charge is 0.545 e. The second kappa shape index (κ2) is 8.17. The monoisotopic (exact) mass is 383 g/mol. The van der Waals surface area contributed by atoms with Gasteiger partial charge in [0.1, 0.15) is 0 Å². The van der Waals surface area contributed by atoms with E-state index in [0.717, 1.165) is 6.21 Å². The molecule has 2 rings (SSSR count). The van der Waals surface area contributed by atoms with Gasteiger partial charge in [0.2, 0.25) is 5.91 Å². The van der Waals surface area contributed by atoms with Crippen LogP contribution >= 0.6 is 0 Å². The Bertz CT molecular complexity index is 833. The molecule has 0 spiro atoms. The number of hydrogen-bond donors (Lipinski definition) is 1. The predicted molar refractivity (Wildman–Crippen MR) is 91.0 cm³/mol. The zero-order valence-electron chi connectivity index (χ0n) is 14.4. The molecule has 1 aliphatic rings. The Labute approximate surface area is 150 Å². The van der Waals surface area contributed by atoms with Crippen molar-refractivity contribution in [3.63, 3.8) is 0 Å². The lowest BCUT2D eigenvalue weighted by atomic mass is 10.1. The van der Waals surface area contributed by atoms with Crippen molar-refractivity contribution in [2.75, 3.05) is 25.7 Å². The zero-order valence-corrected chi connectivity index (χ0v) is 15.2. The molecule has 0 aliphatic carbocycles. The number of methoxy groups -OCH3 is 2. The molecule has 0 unspecified atom stereocenters.